The molecule has 3 rings (SSSR count). The average Bonchev–Trinajstić information content (AvgIpc) is 2.48. The van der Waals surface area contributed by atoms with Crippen LogP contribution in [0.15, 0.2) is 30.3 Å². The van der Waals surface area contributed by atoms with Crippen LogP contribution in [0.1, 0.15) is 50.5 Å². The molecule has 0 amide bonds. The number of hydrogen-bond acceptors (Lipinski definition) is 2. The van der Waals surface area contributed by atoms with Gasteiger partial charge in [-0.3, -0.25) is 4.90 Å². The minimum Gasteiger partial charge on any atom is -0.390 e. The van der Waals surface area contributed by atoms with Crippen LogP contribution in [0, 0.1) is 12.3 Å². The Hall–Kier alpha value is -1.30. The van der Waals surface area contributed by atoms with E-state index in [1.807, 2.05) is 0 Å². The summed E-state index contributed by atoms with van der Waals surface area (Å²) in [5.74, 6) is 2.68. The molecule has 0 aromatic heterocycles. The molecule has 2 heteroatoms. The van der Waals surface area contributed by atoms with E-state index in [1.165, 1.54) is 24.8 Å². The molecular formula is C19H25NO. The molecule has 0 radical (unpaired) electrons. The first-order chi connectivity index (χ1) is 10.2. The molecule has 2 aliphatic heterocycles. The van der Waals surface area contributed by atoms with Gasteiger partial charge in [-0.25, -0.2) is 0 Å². The van der Waals surface area contributed by atoms with Gasteiger partial charge in [0.1, 0.15) is 0 Å². The molecule has 1 aromatic carbocycles. The number of hydrogen-bond donors (Lipinski definition) is 1. The van der Waals surface area contributed by atoms with Gasteiger partial charge >= 0.3 is 0 Å². The summed E-state index contributed by atoms with van der Waals surface area (Å²) < 4.78 is 0. The van der Waals surface area contributed by atoms with E-state index >= 15 is 0 Å². The van der Waals surface area contributed by atoms with E-state index in [-0.39, 0.29) is 0 Å². The highest BCUT2D eigenvalue weighted by molar-refractivity contribution is 5.15. The molecule has 2 heterocycles. The topological polar surface area (TPSA) is 23.5 Å². The Morgan fingerprint density at radius 1 is 1.19 bits per heavy atom. The van der Waals surface area contributed by atoms with Gasteiger partial charge in [0, 0.05) is 25.0 Å². The summed E-state index contributed by atoms with van der Waals surface area (Å²) in [6, 6.07) is 11.7. The fourth-order valence-corrected chi connectivity index (χ4v) is 4.18. The molecule has 2 atom stereocenters. The second-order valence-electron chi connectivity index (χ2n) is 6.73. The van der Waals surface area contributed by atoms with Crippen molar-refractivity contribution >= 4 is 0 Å². The number of aliphatic hydroxyl groups is 1. The molecule has 0 aliphatic carbocycles. The molecule has 1 aromatic rings. The van der Waals surface area contributed by atoms with Crippen LogP contribution < -0.4 is 0 Å². The molecule has 21 heavy (non-hydrogen) atoms. The van der Waals surface area contributed by atoms with Crippen molar-refractivity contribution in [3.63, 3.8) is 0 Å². The van der Waals surface area contributed by atoms with Gasteiger partial charge in [-0.05, 0) is 37.7 Å². The van der Waals surface area contributed by atoms with E-state index in [9.17, 15) is 5.11 Å². The van der Waals surface area contributed by atoms with Crippen LogP contribution in [0.4, 0.5) is 0 Å². The summed E-state index contributed by atoms with van der Waals surface area (Å²) in [6.07, 6.45) is 12.3. The molecule has 0 saturated carbocycles. The standard InChI is InChI=1S/C19H25NO/c1-2-3-12-19(21)13-17-10-7-11-18(14-19)20(17)15-16-8-5-4-6-9-16/h1,4-6,8-9,17-18,21H,3,7,10-15H2. The summed E-state index contributed by atoms with van der Waals surface area (Å²) in [4.78, 5) is 2.63. The lowest BCUT2D eigenvalue weighted by molar-refractivity contribution is -0.0982. The van der Waals surface area contributed by atoms with Crippen LogP contribution in [-0.2, 0) is 6.54 Å². The molecule has 1 N–H and O–H groups in total. The zero-order valence-corrected chi connectivity index (χ0v) is 12.7. The number of rotatable bonds is 4. The average molecular weight is 283 g/mol. The van der Waals surface area contributed by atoms with Crippen LogP contribution in [0.25, 0.3) is 0 Å². The van der Waals surface area contributed by atoms with Gasteiger partial charge in [-0.2, -0.15) is 0 Å². The molecule has 0 spiro atoms. The lowest BCUT2D eigenvalue weighted by atomic mass is 9.73. The quantitative estimate of drug-likeness (QED) is 0.857. The first-order valence-corrected chi connectivity index (χ1v) is 8.16. The number of nitrogens with zero attached hydrogens (tertiary/aromatic N) is 1. The minimum atomic E-state index is -0.532. The van der Waals surface area contributed by atoms with Crippen LogP contribution in [0.5, 0.6) is 0 Å². The number of piperidine rings is 2. The monoisotopic (exact) mass is 283 g/mol. The zero-order chi connectivity index (χ0) is 14.7. The van der Waals surface area contributed by atoms with E-state index in [0.717, 1.165) is 25.8 Å². The lowest BCUT2D eigenvalue weighted by Gasteiger charge is -2.52. The predicted molar refractivity (Wildman–Crippen MR) is 85.7 cm³/mol. The minimum absolute atomic E-state index is 0.514. The maximum Gasteiger partial charge on any atom is 0.0686 e. The third-order valence-electron chi connectivity index (χ3n) is 5.19. The van der Waals surface area contributed by atoms with Crippen molar-refractivity contribution in [2.75, 3.05) is 0 Å². The van der Waals surface area contributed by atoms with Crippen LogP contribution in [0.2, 0.25) is 0 Å². The molecule has 2 saturated heterocycles. The Balaban J connectivity index is 1.72. The van der Waals surface area contributed by atoms with Crippen LogP contribution >= 0.6 is 0 Å². The van der Waals surface area contributed by atoms with Crippen molar-refractivity contribution in [3.05, 3.63) is 35.9 Å². The second-order valence-corrected chi connectivity index (χ2v) is 6.73. The number of terminal acetylenes is 1. The highest BCUT2D eigenvalue weighted by atomic mass is 16.3. The Labute approximate surface area is 128 Å². The second kappa shape index (κ2) is 6.22. The van der Waals surface area contributed by atoms with E-state index in [4.69, 9.17) is 6.42 Å². The van der Waals surface area contributed by atoms with Crippen molar-refractivity contribution in [3.8, 4) is 12.3 Å². The molecule has 2 unspecified atom stereocenters. The van der Waals surface area contributed by atoms with Crippen molar-refractivity contribution in [2.45, 2.75) is 69.2 Å². The van der Waals surface area contributed by atoms with Gasteiger partial charge in [0.05, 0.1) is 5.60 Å². The maximum atomic E-state index is 10.9. The molecule has 112 valence electrons. The van der Waals surface area contributed by atoms with Gasteiger partial charge < -0.3 is 5.11 Å². The van der Waals surface area contributed by atoms with E-state index < -0.39 is 5.60 Å². The molecular weight excluding hydrogens is 258 g/mol. The van der Waals surface area contributed by atoms with E-state index in [0.29, 0.717) is 18.5 Å². The Kier molecular flexibility index (Phi) is 4.33. The molecule has 2 fully saturated rings. The van der Waals surface area contributed by atoms with Crippen LogP contribution in [-0.4, -0.2) is 27.7 Å². The van der Waals surface area contributed by atoms with Crippen molar-refractivity contribution in [1.82, 2.24) is 4.90 Å². The van der Waals surface area contributed by atoms with Crippen LogP contribution in [0.3, 0.4) is 0 Å². The van der Waals surface area contributed by atoms with Gasteiger partial charge in [0.15, 0.2) is 0 Å². The van der Waals surface area contributed by atoms with Crippen molar-refractivity contribution in [1.29, 1.82) is 0 Å². The van der Waals surface area contributed by atoms with Gasteiger partial charge in [-0.15, -0.1) is 12.3 Å². The normalized spacial score (nSPS) is 32.6. The van der Waals surface area contributed by atoms with Gasteiger partial charge in [0.2, 0.25) is 0 Å². The van der Waals surface area contributed by atoms with E-state index in [2.05, 4.69) is 41.2 Å². The smallest absolute Gasteiger partial charge is 0.0686 e. The summed E-state index contributed by atoms with van der Waals surface area (Å²) in [5, 5.41) is 10.9. The highest BCUT2D eigenvalue weighted by Gasteiger charge is 2.44. The Bertz CT molecular complexity index is 490. The number of fused-ring (bicyclic) bond motifs is 2. The predicted octanol–water partition coefficient (Wildman–Crippen LogP) is 3.35. The fourth-order valence-electron chi connectivity index (χ4n) is 4.18. The molecule has 2 bridgehead atoms. The summed E-state index contributed by atoms with van der Waals surface area (Å²) >= 11 is 0. The summed E-state index contributed by atoms with van der Waals surface area (Å²) in [5.41, 5.74) is 0.846. The molecule has 2 nitrogen and oxygen atoms in total. The number of benzene rings is 1. The van der Waals surface area contributed by atoms with Gasteiger partial charge in [0.25, 0.3) is 0 Å². The summed E-state index contributed by atoms with van der Waals surface area (Å²) in [7, 11) is 0. The Morgan fingerprint density at radius 3 is 2.48 bits per heavy atom. The largest absolute Gasteiger partial charge is 0.390 e. The third kappa shape index (κ3) is 3.31. The Morgan fingerprint density at radius 2 is 1.86 bits per heavy atom. The summed E-state index contributed by atoms with van der Waals surface area (Å²) in [6.45, 7) is 1.02. The zero-order valence-electron chi connectivity index (χ0n) is 12.7. The molecule has 2 aliphatic rings. The first kappa shape index (κ1) is 14.6. The van der Waals surface area contributed by atoms with E-state index in [1.54, 1.807) is 0 Å². The SMILES string of the molecule is C#CCCC1(O)CC2CCCC(C1)N2Cc1ccccc1. The highest BCUT2D eigenvalue weighted by Crippen LogP contribution is 2.41. The first-order valence-electron chi connectivity index (χ1n) is 8.16. The third-order valence-corrected chi connectivity index (χ3v) is 5.19. The van der Waals surface area contributed by atoms with Gasteiger partial charge in [-0.1, -0.05) is 36.8 Å². The fraction of sp³-hybridized carbons (Fsp3) is 0.579. The van der Waals surface area contributed by atoms with Crippen molar-refractivity contribution in [2.24, 2.45) is 0 Å². The maximum absolute atomic E-state index is 10.9. The van der Waals surface area contributed by atoms with Crippen molar-refractivity contribution < 1.29 is 5.11 Å². The lowest BCUT2D eigenvalue weighted by Crippen LogP contribution is -2.57.